The lowest BCUT2D eigenvalue weighted by Crippen LogP contribution is -2.30. The number of hydrogen-bond acceptors (Lipinski definition) is 2. The summed E-state index contributed by atoms with van der Waals surface area (Å²) < 4.78 is 37.9. The highest BCUT2D eigenvalue weighted by Gasteiger charge is 2.32. The molecule has 1 saturated carbocycles. The van der Waals surface area contributed by atoms with E-state index in [-0.39, 0.29) is 5.56 Å². The van der Waals surface area contributed by atoms with Crippen molar-refractivity contribution in [2.45, 2.75) is 25.4 Å². The number of anilines is 1. The highest BCUT2D eigenvalue weighted by atomic mass is 19.4. The molecule has 0 atom stereocenters. The Labute approximate surface area is 115 Å². The molecule has 0 saturated heterocycles. The monoisotopic (exact) mass is 287 g/mol. The van der Waals surface area contributed by atoms with Gasteiger partial charge in [-0.2, -0.15) is 13.2 Å². The van der Waals surface area contributed by atoms with E-state index in [1.807, 2.05) is 0 Å². The second-order valence-electron chi connectivity index (χ2n) is 5.21. The third-order valence-electron chi connectivity index (χ3n) is 3.72. The molecule has 1 aliphatic rings. The molecule has 6 heteroatoms. The smallest absolute Gasteiger partial charge is 0.416 e. The van der Waals surface area contributed by atoms with E-state index in [9.17, 15) is 18.0 Å². The van der Waals surface area contributed by atoms with Gasteiger partial charge in [-0.3, -0.25) is 0 Å². The van der Waals surface area contributed by atoms with Crippen molar-refractivity contribution in [3.8, 4) is 0 Å². The first-order valence-electron chi connectivity index (χ1n) is 6.44. The fraction of sp³-hybridized carbons (Fsp3) is 0.500. The number of carbonyl (C=O) groups is 1. The van der Waals surface area contributed by atoms with Crippen LogP contribution in [-0.2, 0) is 6.18 Å². The Morgan fingerprint density at radius 1 is 1.40 bits per heavy atom. The Morgan fingerprint density at radius 3 is 2.50 bits per heavy atom. The van der Waals surface area contributed by atoms with Gasteiger partial charge in [0.15, 0.2) is 0 Å². The first-order chi connectivity index (χ1) is 9.29. The van der Waals surface area contributed by atoms with Crippen LogP contribution in [0.2, 0.25) is 0 Å². The van der Waals surface area contributed by atoms with Crippen LogP contribution < -0.4 is 4.90 Å². The quantitative estimate of drug-likeness (QED) is 0.919. The zero-order valence-electron chi connectivity index (χ0n) is 11.1. The number of carboxylic acids is 1. The van der Waals surface area contributed by atoms with Crippen LogP contribution >= 0.6 is 0 Å². The van der Waals surface area contributed by atoms with Crippen molar-refractivity contribution in [3.05, 3.63) is 29.3 Å². The fourth-order valence-corrected chi connectivity index (χ4v) is 2.38. The topological polar surface area (TPSA) is 40.5 Å². The number of benzene rings is 1. The van der Waals surface area contributed by atoms with Crippen molar-refractivity contribution in [1.29, 1.82) is 0 Å². The molecule has 20 heavy (non-hydrogen) atoms. The van der Waals surface area contributed by atoms with Crippen LogP contribution in [0.25, 0.3) is 0 Å². The summed E-state index contributed by atoms with van der Waals surface area (Å²) in [7, 11) is 1.72. The number of alkyl halides is 3. The number of nitrogens with zero attached hydrogens (tertiary/aromatic N) is 1. The van der Waals surface area contributed by atoms with Gasteiger partial charge in [0.25, 0.3) is 0 Å². The van der Waals surface area contributed by atoms with E-state index in [1.54, 1.807) is 11.9 Å². The molecule has 1 fully saturated rings. The normalized spacial score (nSPS) is 15.8. The van der Waals surface area contributed by atoms with Gasteiger partial charge in [0.2, 0.25) is 0 Å². The Hall–Kier alpha value is -1.72. The second-order valence-corrected chi connectivity index (χ2v) is 5.21. The van der Waals surface area contributed by atoms with Gasteiger partial charge in [0.05, 0.1) is 16.8 Å². The molecule has 0 unspecified atom stereocenters. The van der Waals surface area contributed by atoms with Crippen molar-refractivity contribution < 1.29 is 23.1 Å². The molecule has 2 rings (SSSR count). The molecule has 1 aliphatic carbocycles. The molecule has 0 radical (unpaired) electrons. The zero-order chi connectivity index (χ0) is 14.9. The molecule has 3 nitrogen and oxygen atoms in total. The molecular weight excluding hydrogens is 271 g/mol. The summed E-state index contributed by atoms with van der Waals surface area (Å²) in [6, 6.07) is 2.87. The maximum absolute atomic E-state index is 12.6. The average Bonchev–Trinajstić information content (AvgIpc) is 2.31. The second kappa shape index (κ2) is 5.34. The minimum absolute atomic E-state index is 0.304. The first kappa shape index (κ1) is 14.7. The summed E-state index contributed by atoms with van der Waals surface area (Å²) in [5, 5.41) is 9.12. The number of aromatic carboxylic acids is 1. The number of hydrogen-bond donors (Lipinski definition) is 1. The lowest BCUT2D eigenvalue weighted by molar-refractivity contribution is -0.137. The molecule has 0 aromatic heterocycles. The van der Waals surface area contributed by atoms with E-state index < -0.39 is 17.7 Å². The van der Waals surface area contributed by atoms with Gasteiger partial charge >= 0.3 is 12.1 Å². The van der Waals surface area contributed by atoms with E-state index in [0.717, 1.165) is 25.3 Å². The lowest BCUT2D eigenvalue weighted by Gasteiger charge is -2.32. The van der Waals surface area contributed by atoms with Crippen molar-refractivity contribution in [2.75, 3.05) is 18.5 Å². The molecule has 1 N–H and O–H groups in total. The molecule has 0 amide bonds. The largest absolute Gasteiger partial charge is 0.478 e. The van der Waals surface area contributed by atoms with E-state index >= 15 is 0 Å². The predicted octanol–water partition coefficient (Wildman–Crippen LogP) is 3.64. The van der Waals surface area contributed by atoms with Crippen molar-refractivity contribution >= 4 is 11.7 Å². The van der Waals surface area contributed by atoms with E-state index in [1.165, 1.54) is 6.07 Å². The Morgan fingerprint density at radius 2 is 2.05 bits per heavy atom. The third-order valence-corrected chi connectivity index (χ3v) is 3.72. The van der Waals surface area contributed by atoms with Crippen LogP contribution in [-0.4, -0.2) is 24.7 Å². The molecule has 1 aromatic rings. The standard InChI is InChI=1S/C14H16F3NO2/c1-18(8-9-3-2-4-9)12-6-5-10(14(15,16)17)7-11(12)13(19)20/h5-7,9H,2-4,8H2,1H3,(H,19,20). The summed E-state index contributed by atoms with van der Waals surface area (Å²) in [5.74, 6) is -0.838. The first-order valence-corrected chi connectivity index (χ1v) is 6.44. The molecule has 0 spiro atoms. The average molecular weight is 287 g/mol. The SMILES string of the molecule is CN(CC1CCC1)c1ccc(C(F)(F)F)cc1C(=O)O. The molecule has 1 aromatic carbocycles. The number of halogens is 3. The fourth-order valence-electron chi connectivity index (χ4n) is 2.38. The number of carboxylic acid groups (broad SMARTS) is 1. The number of rotatable bonds is 4. The van der Waals surface area contributed by atoms with Crippen LogP contribution in [0.15, 0.2) is 18.2 Å². The molecule has 0 bridgehead atoms. The van der Waals surface area contributed by atoms with Gasteiger partial charge < -0.3 is 10.0 Å². The van der Waals surface area contributed by atoms with Crippen LogP contribution in [0.5, 0.6) is 0 Å². The molecule has 0 heterocycles. The summed E-state index contributed by atoms with van der Waals surface area (Å²) >= 11 is 0. The highest BCUT2D eigenvalue weighted by molar-refractivity contribution is 5.94. The minimum Gasteiger partial charge on any atom is -0.478 e. The zero-order valence-corrected chi connectivity index (χ0v) is 11.1. The van der Waals surface area contributed by atoms with Crippen LogP contribution in [0.1, 0.15) is 35.2 Å². The minimum atomic E-state index is -4.53. The van der Waals surface area contributed by atoms with Gasteiger partial charge in [-0.15, -0.1) is 0 Å². The Balaban J connectivity index is 2.29. The van der Waals surface area contributed by atoms with Crippen molar-refractivity contribution in [1.82, 2.24) is 0 Å². The van der Waals surface area contributed by atoms with E-state index in [4.69, 9.17) is 5.11 Å². The maximum Gasteiger partial charge on any atom is 0.416 e. The summed E-state index contributed by atoms with van der Waals surface area (Å²) in [6.07, 6.45) is -1.19. The summed E-state index contributed by atoms with van der Waals surface area (Å²) in [4.78, 5) is 12.9. The Kier molecular flexibility index (Phi) is 3.92. The molecular formula is C14H16F3NO2. The van der Waals surface area contributed by atoms with Gasteiger partial charge in [-0.05, 0) is 37.0 Å². The lowest BCUT2D eigenvalue weighted by atomic mass is 9.85. The van der Waals surface area contributed by atoms with Crippen LogP contribution in [0.3, 0.4) is 0 Å². The highest BCUT2D eigenvalue weighted by Crippen LogP contribution is 2.34. The maximum atomic E-state index is 12.6. The van der Waals surface area contributed by atoms with Gasteiger partial charge in [-0.1, -0.05) is 6.42 Å². The van der Waals surface area contributed by atoms with Crippen molar-refractivity contribution in [3.63, 3.8) is 0 Å². The van der Waals surface area contributed by atoms with Crippen molar-refractivity contribution in [2.24, 2.45) is 5.92 Å². The molecule has 110 valence electrons. The van der Waals surface area contributed by atoms with Crippen LogP contribution in [0, 0.1) is 5.92 Å². The van der Waals surface area contributed by atoms with Crippen LogP contribution in [0.4, 0.5) is 18.9 Å². The van der Waals surface area contributed by atoms with Gasteiger partial charge in [0, 0.05) is 13.6 Å². The van der Waals surface area contributed by atoms with E-state index in [0.29, 0.717) is 24.2 Å². The Bertz CT molecular complexity index is 510. The van der Waals surface area contributed by atoms with Gasteiger partial charge in [0.1, 0.15) is 0 Å². The van der Waals surface area contributed by atoms with Gasteiger partial charge in [-0.25, -0.2) is 4.79 Å². The summed E-state index contributed by atoms with van der Waals surface area (Å²) in [6.45, 7) is 0.672. The predicted molar refractivity (Wildman–Crippen MR) is 69.0 cm³/mol. The van der Waals surface area contributed by atoms with E-state index in [2.05, 4.69) is 0 Å². The molecule has 0 aliphatic heterocycles. The third kappa shape index (κ3) is 3.05. The summed E-state index contributed by atoms with van der Waals surface area (Å²) in [5.41, 5.74) is -0.908.